The van der Waals surface area contributed by atoms with Crippen LogP contribution in [0.3, 0.4) is 0 Å². The third-order valence-corrected chi connectivity index (χ3v) is 25.1. The molecule has 4 heterocycles. The minimum Gasteiger partial charge on any atom is -0.396 e. The zero-order valence-electron chi connectivity index (χ0n) is 66.7. The van der Waals surface area contributed by atoms with Gasteiger partial charge in [0.2, 0.25) is 35.4 Å². The van der Waals surface area contributed by atoms with Gasteiger partial charge < -0.3 is 139 Å². The van der Waals surface area contributed by atoms with E-state index in [0.29, 0.717) is 6.42 Å². The number of ether oxygens (including phenoxy) is 8. The maximum absolute atomic E-state index is 14.4. The number of carbonyl (C=O) groups excluding carboxylic acids is 11. The molecule has 24 atom stereocenters. The van der Waals surface area contributed by atoms with Crippen LogP contribution >= 0.6 is 22.9 Å². The van der Waals surface area contributed by atoms with Crippen LogP contribution in [0.5, 0.6) is 0 Å². The molecule has 666 valence electrons. The number of nitrogens with one attached hydrogen (secondary N) is 5. The summed E-state index contributed by atoms with van der Waals surface area (Å²) in [6.07, 6.45) is -14.5. The summed E-state index contributed by atoms with van der Waals surface area (Å²) in [5.41, 5.74) is -1.50. The second-order valence-corrected chi connectivity index (χ2v) is 37.7. The Labute approximate surface area is 676 Å². The van der Waals surface area contributed by atoms with Crippen LogP contribution in [0.25, 0.3) is 0 Å². The highest BCUT2D eigenvalue weighted by Gasteiger charge is 2.49. The number of ketones is 5. The van der Waals surface area contributed by atoms with E-state index < -0.39 is 198 Å². The van der Waals surface area contributed by atoms with Gasteiger partial charge in [-0.3, -0.25) is 57.3 Å². The van der Waals surface area contributed by atoms with E-state index in [-0.39, 0.29) is 237 Å². The maximum atomic E-state index is 14.4. The SMILES string of the molecule is C=P(O)(O[C@H]1C[C@H](C)O[C@@H]1COP(C)(=O)O)PC[C@@H]1C[C@@H](O)CN1C(=O)CCC(=O)NC(CCCCC(=O)NCCC(=O)CCO[C@@H]1OC(CO)[C@H](O)[C@H](O)C1NC(C)=O)(COCCC(=O)CCCC(=O)CCO[C@@H]1OC(CO)[C@H](O)[C@H](O)C1NC(C)=O)COCCC(=O)CCCC(=O)CCO[C@@H]1CC(CO)[C@H](O)[C@H](O)C1NC(C)=O. The van der Waals surface area contributed by atoms with E-state index in [1.807, 2.05) is 0 Å². The average Bonchev–Trinajstić information content (AvgIpc) is 1.13. The Morgan fingerprint density at radius 1 is 0.526 bits per heavy atom. The summed E-state index contributed by atoms with van der Waals surface area (Å²) >= 11 is 0. The molecule has 0 bridgehead atoms. The summed E-state index contributed by atoms with van der Waals surface area (Å²) in [6, 6.07) is -4.08. The highest BCUT2D eigenvalue weighted by Crippen LogP contribution is 2.63. The van der Waals surface area contributed by atoms with E-state index in [1.165, 1.54) is 25.7 Å². The topological polar surface area (TPSA) is 603 Å². The van der Waals surface area contributed by atoms with Gasteiger partial charge in [-0.1, -0.05) is 6.42 Å². The fourth-order valence-corrected chi connectivity index (χ4v) is 18.4. The average molecular weight is 1720 g/mol. The molecule has 17 N–H and O–H groups in total. The van der Waals surface area contributed by atoms with Gasteiger partial charge in [0.1, 0.15) is 96.9 Å². The number of nitrogens with zero attached hydrogens (tertiary/aromatic N) is 1. The molecular formula is C73H125N6O34P3. The predicted octanol–water partition coefficient (Wildman–Crippen LogP) is -3.38. The third-order valence-electron chi connectivity index (χ3n) is 20.4. The molecule has 5 fully saturated rings. The third kappa shape index (κ3) is 36.1. The number of carbonyl (C=O) groups is 11. The summed E-state index contributed by atoms with van der Waals surface area (Å²) in [4.78, 5) is 166. The summed E-state index contributed by atoms with van der Waals surface area (Å²) in [6.45, 7) is 2.32. The van der Waals surface area contributed by atoms with Gasteiger partial charge in [-0.15, -0.1) is 0 Å². The molecule has 0 aromatic heterocycles. The minimum atomic E-state index is -3.88. The Morgan fingerprint density at radius 3 is 1.50 bits per heavy atom. The molecular weight excluding hydrogens is 1600 g/mol. The van der Waals surface area contributed by atoms with Crippen LogP contribution < -0.4 is 26.6 Å². The normalized spacial score (nSPS) is 29.7. The largest absolute Gasteiger partial charge is 0.396 e. The Hall–Kier alpha value is -4.75. The summed E-state index contributed by atoms with van der Waals surface area (Å²) in [7, 11) is -7.65. The number of amides is 6. The highest BCUT2D eigenvalue weighted by atomic mass is 32.1. The standard InChI is InChI=1S/C73H125N6O34P3/c1-42-31-54(58(110-42)38-109-115(5,101)102)113-116(6,103)114-39-47-33-53(91)34-79(47)61(94)17-16-60(93)78-73(24-8-7-15-59(92)74-25-18-52(90)23-30-108-72-64(77-45(4)85)70(100)67(97)57(37-82)112-72,40-104-26-19-48(86)11-9-13-50(88)21-28-106-55-32-46(35-80)65(95)68(98)62(55)75-43(2)83)41-105-27-20-49(87)12-10-14-51(89)22-29-107-71-63(76-44(3)84)69(99)66(96)56(36-81)111-71/h42,46-47,53-58,62-72,80-82,91,95-100,103,114H,6-41H2,1-5H3,(H,74,92)(H,75,83)(H,76,84)(H,77,85)(H,78,93)(H,101,102)/t42-,46?,47-,53+,54-,55+,56?,57?,58+,62?,63?,64?,65-,66-,67-,68+,69+,70+,71+,72+,73?,116?/m0/s1. The quantitative estimate of drug-likeness (QED) is 0.0209. The lowest BCUT2D eigenvalue weighted by molar-refractivity contribution is -0.269. The molecule has 40 nitrogen and oxygen atoms in total. The smallest absolute Gasteiger partial charge is 0.325 e. The number of aliphatic hydroxyl groups excluding tert-OH is 10. The van der Waals surface area contributed by atoms with Crippen molar-refractivity contribution in [2.75, 3.05) is 98.6 Å². The van der Waals surface area contributed by atoms with Crippen LogP contribution in [0.2, 0.25) is 0 Å². The van der Waals surface area contributed by atoms with E-state index >= 15 is 0 Å². The van der Waals surface area contributed by atoms with Crippen LogP contribution in [0.4, 0.5) is 0 Å². The van der Waals surface area contributed by atoms with Gasteiger partial charge in [-0.05, 0) is 66.2 Å². The first kappa shape index (κ1) is 102. The van der Waals surface area contributed by atoms with Crippen LogP contribution in [0, 0.1) is 5.92 Å². The number of aliphatic hydroxyl groups is 10. The molecule has 0 spiro atoms. The van der Waals surface area contributed by atoms with Crippen LogP contribution in [-0.4, -0.2) is 357 Å². The molecule has 0 aromatic rings. The number of hydrogen-bond acceptors (Lipinski definition) is 33. The summed E-state index contributed by atoms with van der Waals surface area (Å²) in [5.74, 6) is -5.57. The Bertz CT molecular complexity index is 3030. The zero-order valence-corrected chi connectivity index (χ0v) is 69.5. The second-order valence-electron chi connectivity index (χ2n) is 30.4. The number of hydrogen-bond donors (Lipinski definition) is 17. The molecule has 10 unspecified atom stereocenters. The van der Waals surface area contributed by atoms with Gasteiger partial charge in [0, 0.05) is 149 Å². The molecule has 0 aromatic carbocycles. The van der Waals surface area contributed by atoms with E-state index in [0.717, 1.165) is 6.66 Å². The first-order valence-corrected chi connectivity index (χ1v) is 45.4. The Morgan fingerprint density at radius 2 is 1.01 bits per heavy atom. The van der Waals surface area contributed by atoms with Crippen LogP contribution in [0.1, 0.15) is 163 Å². The van der Waals surface area contributed by atoms with Crippen molar-refractivity contribution in [3.8, 4) is 0 Å². The number of Topliss-reactive ketones (excluding diaryl/α,β-unsaturated/α-hetero) is 5. The molecule has 43 heteroatoms. The van der Waals surface area contributed by atoms with Gasteiger partial charge in [0.05, 0.1) is 108 Å². The van der Waals surface area contributed by atoms with Gasteiger partial charge in [-0.2, -0.15) is 0 Å². The van der Waals surface area contributed by atoms with Gasteiger partial charge in [0.25, 0.3) is 0 Å². The van der Waals surface area contributed by atoms with E-state index in [9.17, 15) is 118 Å². The minimum absolute atomic E-state index is 0.0173. The molecule has 116 heavy (non-hydrogen) atoms. The van der Waals surface area contributed by atoms with Crippen molar-refractivity contribution < 1.29 is 165 Å². The van der Waals surface area contributed by atoms with Gasteiger partial charge in [0.15, 0.2) is 12.6 Å². The first-order chi connectivity index (χ1) is 54.8. The van der Waals surface area contributed by atoms with Crippen molar-refractivity contribution in [2.45, 2.75) is 284 Å². The lowest BCUT2D eigenvalue weighted by Gasteiger charge is -2.42. The molecule has 5 rings (SSSR count). The molecule has 4 saturated heterocycles. The fraction of sp³-hybridized carbons (Fsp3) is 0.836. The zero-order chi connectivity index (χ0) is 86.0. The van der Waals surface area contributed by atoms with Crippen molar-refractivity contribution >= 4 is 93.6 Å². The number of likely N-dealkylation sites (tertiary alicyclic amines) is 1. The molecule has 0 radical (unpaired) electrons. The van der Waals surface area contributed by atoms with E-state index in [4.69, 9.17) is 46.9 Å². The second kappa shape index (κ2) is 51.2. The number of rotatable bonds is 56. The van der Waals surface area contributed by atoms with Crippen molar-refractivity contribution in [2.24, 2.45) is 5.92 Å². The highest BCUT2D eigenvalue weighted by molar-refractivity contribution is 8.24. The summed E-state index contributed by atoms with van der Waals surface area (Å²) in [5, 5.41) is 116. The molecule has 6 amide bonds. The van der Waals surface area contributed by atoms with E-state index in [2.05, 4.69) is 32.9 Å². The van der Waals surface area contributed by atoms with Crippen LogP contribution in [-0.2, 0) is 104 Å². The maximum Gasteiger partial charge on any atom is 0.325 e. The monoisotopic (exact) mass is 1720 g/mol. The lowest BCUT2D eigenvalue weighted by Crippen LogP contribution is -2.64. The number of unbranched alkanes of at least 4 members (excludes halogenated alkanes) is 1. The molecule has 4 aliphatic heterocycles. The van der Waals surface area contributed by atoms with Gasteiger partial charge in [-0.25, -0.2) is 0 Å². The van der Waals surface area contributed by atoms with Crippen molar-refractivity contribution in [3.63, 3.8) is 0 Å². The van der Waals surface area contributed by atoms with Crippen molar-refractivity contribution in [1.82, 2.24) is 31.5 Å². The fourth-order valence-electron chi connectivity index (χ4n) is 14.2. The first-order valence-electron chi connectivity index (χ1n) is 39.4. The molecule has 1 aliphatic carbocycles. The Balaban J connectivity index is 1.25. The number of β-amino-alcohol motifs (C(OH)–C–C–N with tert-alkyl or cyclic N) is 1. The van der Waals surface area contributed by atoms with Crippen molar-refractivity contribution in [1.29, 1.82) is 0 Å². The molecule has 1 saturated carbocycles. The predicted molar refractivity (Wildman–Crippen MR) is 412 cm³/mol. The Kier molecular flexibility index (Phi) is 45.0. The summed E-state index contributed by atoms with van der Waals surface area (Å²) < 4.78 is 69.5. The van der Waals surface area contributed by atoms with Crippen LogP contribution in [0.15, 0.2) is 0 Å². The molecule has 5 aliphatic rings. The van der Waals surface area contributed by atoms with E-state index in [1.54, 1.807) is 6.92 Å². The van der Waals surface area contributed by atoms with Gasteiger partial charge >= 0.3 is 7.60 Å². The van der Waals surface area contributed by atoms with Crippen molar-refractivity contribution in [3.05, 3.63) is 0 Å². The lowest BCUT2D eigenvalue weighted by atomic mass is 9.79.